The van der Waals surface area contributed by atoms with Gasteiger partial charge >= 0.3 is 0 Å². The Balaban J connectivity index is 2.34. The quantitative estimate of drug-likeness (QED) is 0.435. The Morgan fingerprint density at radius 3 is 2.84 bits per heavy atom. The highest BCUT2D eigenvalue weighted by molar-refractivity contribution is 5.82. The molecule has 2 atom stereocenters. The number of aliphatic hydroxyl groups is 2. The molecule has 7 nitrogen and oxygen atoms in total. The number of aromatic amines is 1. The smallest absolute Gasteiger partial charge is 0.248 e. The van der Waals surface area contributed by atoms with Crippen LogP contribution in [-0.4, -0.2) is 27.8 Å². The van der Waals surface area contributed by atoms with Crippen LogP contribution >= 0.6 is 0 Å². The third kappa shape index (κ3) is 2.92. The van der Waals surface area contributed by atoms with Crippen LogP contribution in [-0.2, 0) is 0 Å². The number of hydrogen-bond donors (Lipinski definition) is 3. The zero-order valence-corrected chi connectivity index (χ0v) is 9.89. The summed E-state index contributed by atoms with van der Waals surface area (Å²) in [6.07, 6.45) is -0.783. The van der Waals surface area contributed by atoms with Crippen LogP contribution in [0, 0.1) is 0 Å². The van der Waals surface area contributed by atoms with Crippen molar-refractivity contribution in [3.05, 3.63) is 56.8 Å². The lowest BCUT2D eigenvalue weighted by Gasteiger charge is -2.16. The van der Waals surface area contributed by atoms with Gasteiger partial charge in [-0.2, -0.15) is 0 Å². The van der Waals surface area contributed by atoms with Crippen molar-refractivity contribution in [2.45, 2.75) is 12.2 Å². The van der Waals surface area contributed by atoms with E-state index in [1.807, 2.05) is 0 Å². The van der Waals surface area contributed by atoms with Crippen molar-refractivity contribution in [1.82, 2.24) is 4.98 Å². The minimum absolute atomic E-state index is 0.217. The molecule has 2 unspecified atom stereocenters. The first kappa shape index (κ1) is 13.1. The van der Waals surface area contributed by atoms with Crippen LogP contribution < -0.4 is 5.56 Å². The molecule has 0 fully saturated rings. The number of benzene rings is 1. The number of pyridine rings is 1. The number of fused-ring (bicyclic) bond motifs is 1. The largest absolute Gasteiger partial charge is 0.390 e. The minimum atomic E-state index is -1.18. The zero-order chi connectivity index (χ0) is 13.8. The molecule has 0 bridgehead atoms. The summed E-state index contributed by atoms with van der Waals surface area (Å²) in [5.74, 6) is 0. The Morgan fingerprint density at radius 2 is 2.11 bits per heavy atom. The highest BCUT2D eigenvalue weighted by Gasteiger charge is 2.17. The van der Waals surface area contributed by atoms with Gasteiger partial charge in [0.1, 0.15) is 6.10 Å². The fourth-order valence-electron chi connectivity index (χ4n) is 1.81. The molecule has 19 heavy (non-hydrogen) atoms. The van der Waals surface area contributed by atoms with E-state index in [9.17, 15) is 15.0 Å². The molecule has 2 aromatic rings. The summed E-state index contributed by atoms with van der Waals surface area (Å²) in [5, 5.41) is 24.3. The van der Waals surface area contributed by atoms with Gasteiger partial charge in [0, 0.05) is 17.2 Å². The molecule has 0 amide bonds. The Labute approximate surface area is 107 Å². The van der Waals surface area contributed by atoms with Gasteiger partial charge in [0.05, 0.1) is 12.6 Å². The summed E-state index contributed by atoms with van der Waals surface area (Å²) in [7, 11) is 0. The molecule has 98 valence electrons. The SMILES string of the molecule is [N-]=[N+]=NCC(O)C(O)c1ccc2c[nH]c(=O)cc2c1. The number of aromatic nitrogens is 1. The van der Waals surface area contributed by atoms with E-state index in [2.05, 4.69) is 15.0 Å². The van der Waals surface area contributed by atoms with Crippen LogP contribution in [0.3, 0.4) is 0 Å². The van der Waals surface area contributed by atoms with E-state index in [1.54, 1.807) is 24.4 Å². The maximum Gasteiger partial charge on any atom is 0.248 e. The lowest BCUT2D eigenvalue weighted by atomic mass is 10.0. The van der Waals surface area contributed by atoms with Crippen molar-refractivity contribution >= 4 is 10.8 Å². The standard InChI is InChI=1S/C12H12N4O3/c13-16-15-6-10(17)12(19)7-1-2-8-5-14-11(18)4-9(8)3-7/h1-5,10,12,17,19H,6H2,(H,14,18). The Kier molecular flexibility index (Phi) is 3.82. The fraction of sp³-hybridized carbons (Fsp3) is 0.250. The van der Waals surface area contributed by atoms with Gasteiger partial charge in [0.25, 0.3) is 0 Å². The van der Waals surface area contributed by atoms with Crippen molar-refractivity contribution in [3.8, 4) is 0 Å². The van der Waals surface area contributed by atoms with E-state index < -0.39 is 12.2 Å². The van der Waals surface area contributed by atoms with E-state index in [0.717, 1.165) is 5.39 Å². The van der Waals surface area contributed by atoms with Gasteiger partial charge in [-0.1, -0.05) is 17.2 Å². The molecule has 1 aromatic carbocycles. The maximum atomic E-state index is 11.2. The van der Waals surface area contributed by atoms with Crippen LogP contribution in [0.5, 0.6) is 0 Å². The Hall–Kier alpha value is -2.34. The van der Waals surface area contributed by atoms with Crippen molar-refractivity contribution in [2.75, 3.05) is 6.54 Å². The second kappa shape index (κ2) is 5.53. The topological polar surface area (TPSA) is 122 Å². The monoisotopic (exact) mass is 260 g/mol. The number of azide groups is 1. The van der Waals surface area contributed by atoms with Gasteiger partial charge in [-0.05, 0) is 27.9 Å². The molecule has 0 aliphatic heterocycles. The molecule has 7 heteroatoms. The molecule has 0 saturated carbocycles. The third-order valence-electron chi connectivity index (χ3n) is 2.81. The summed E-state index contributed by atoms with van der Waals surface area (Å²) in [5.41, 5.74) is 8.38. The van der Waals surface area contributed by atoms with Crippen molar-refractivity contribution in [1.29, 1.82) is 0 Å². The van der Waals surface area contributed by atoms with Gasteiger partial charge in [0.15, 0.2) is 0 Å². The average molecular weight is 260 g/mol. The van der Waals surface area contributed by atoms with E-state index >= 15 is 0 Å². The summed E-state index contributed by atoms with van der Waals surface area (Å²) >= 11 is 0. The third-order valence-corrected chi connectivity index (χ3v) is 2.81. The van der Waals surface area contributed by atoms with Crippen molar-refractivity contribution < 1.29 is 10.2 Å². The van der Waals surface area contributed by atoms with Gasteiger partial charge in [-0.15, -0.1) is 0 Å². The number of aliphatic hydroxyl groups excluding tert-OH is 2. The number of H-pyrrole nitrogens is 1. The average Bonchev–Trinajstić information content (AvgIpc) is 2.43. The number of nitrogens with one attached hydrogen (secondary N) is 1. The van der Waals surface area contributed by atoms with E-state index in [1.165, 1.54) is 6.07 Å². The molecule has 0 spiro atoms. The first-order chi connectivity index (χ1) is 9.11. The molecule has 1 heterocycles. The number of rotatable bonds is 4. The normalized spacial score (nSPS) is 13.8. The van der Waals surface area contributed by atoms with Crippen molar-refractivity contribution in [2.24, 2.45) is 5.11 Å². The second-order valence-electron chi connectivity index (χ2n) is 4.11. The van der Waals surface area contributed by atoms with E-state index in [-0.39, 0.29) is 12.1 Å². The van der Waals surface area contributed by atoms with Crippen LogP contribution in [0.1, 0.15) is 11.7 Å². The van der Waals surface area contributed by atoms with Crippen LogP contribution in [0.15, 0.2) is 40.4 Å². The molecule has 3 N–H and O–H groups in total. The molecular formula is C12H12N4O3. The van der Waals surface area contributed by atoms with Gasteiger partial charge in [0.2, 0.25) is 5.56 Å². The molecular weight excluding hydrogens is 248 g/mol. The predicted octanol–water partition coefficient (Wildman–Crippen LogP) is 1.23. The maximum absolute atomic E-state index is 11.2. The highest BCUT2D eigenvalue weighted by atomic mass is 16.3. The van der Waals surface area contributed by atoms with Gasteiger partial charge in [-0.25, -0.2) is 0 Å². The first-order valence-electron chi connectivity index (χ1n) is 5.61. The fourth-order valence-corrected chi connectivity index (χ4v) is 1.81. The predicted molar refractivity (Wildman–Crippen MR) is 69.5 cm³/mol. The molecule has 1 aromatic heterocycles. The lowest BCUT2D eigenvalue weighted by molar-refractivity contribution is 0.0245. The molecule has 0 aliphatic rings. The van der Waals surface area contributed by atoms with E-state index in [4.69, 9.17) is 5.53 Å². The number of hydrogen-bond acceptors (Lipinski definition) is 4. The minimum Gasteiger partial charge on any atom is -0.390 e. The van der Waals surface area contributed by atoms with Gasteiger partial charge < -0.3 is 15.2 Å². The summed E-state index contributed by atoms with van der Waals surface area (Å²) in [6, 6.07) is 6.40. The summed E-state index contributed by atoms with van der Waals surface area (Å²) in [4.78, 5) is 16.3. The Bertz CT molecular complexity index is 691. The van der Waals surface area contributed by atoms with Crippen LogP contribution in [0.2, 0.25) is 0 Å². The number of nitrogens with zero attached hydrogens (tertiary/aromatic N) is 3. The molecule has 0 aliphatic carbocycles. The second-order valence-corrected chi connectivity index (χ2v) is 4.11. The highest BCUT2D eigenvalue weighted by Crippen LogP contribution is 2.21. The van der Waals surface area contributed by atoms with E-state index in [0.29, 0.717) is 10.9 Å². The van der Waals surface area contributed by atoms with Crippen molar-refractivity contribution in [3.63, 3.8) is 0 Å². The van der Waals surface area contributed by atoms with Gasteiger partial charge in [-0.3, -0.25) is 4.79 Å². The first-order valence-corrected chi connectivity index (χ1v) is 5.61. The zero-order valence-electron chi connectivity index (χ0n) is 9.89. The summed E-state index contributed by atoms with van der Waals surface area (Å²) < 4.78 is 0. The van der Waals surface area contributed by atoms with Crippen LogP contribution in [0.4, 0.5) is 0 Å². The summed E-state index contributed by atoms with van der Waals surface area (Å²) in [6.45, 7) is -0.217. The lowest BCUT2D eigenvalue weighted by Crippen LogP contribution is -2.21. The molecule has 0 radical (unpaired) electrons. The van der Waals surface area contributed by atoms with Crippen LogP contribution in [0.25, 0.3) is 21.2 Å². The Morgan fingerprint density at radius 1 is 1.32 bits per heavy atom. The molecule has 0 saturated heterocycles. The molecule has 2 rings (SSSR count).